The van der Waals surface area contributed by atoms with E-state index in [1.54, 1.807) is 0 Å². The first-order chi connectivity index (χ1) is 13.4. The van der Waals surface area contributed by atoms with E-state index in [9.17, 15) is 0 Å². The Balaban J connectivity index is 1.83. The molecule has 0 amide bonds. The van der Waals surface area contributed by atoms with Crippen LogP contribution in [0.1, 0.15) is 36.4 Å². The first-order valence-corrected chi connectivity index (χ1v) is 9.89. The van der Waals surface area contributed by atoms with Crippen molar-refractivity contribution in [2.24, 2.45) is 7.05 Å². The van der Waals surface area contributed by atoms with Crippen LogP contribution in [0.2, 0.25) is 0 Å². The third kappa shape index (κ3) is 2.27. The largest absolute Gasteiger partial charge is 0.257 e. The molecule has 2 aromatic heterocycles. The van der Waals surface area contributed by atoms with Gasteiger partial charge in [0.1, 0.15) is 7.05 Å². The number of hydrogen-bond donors (Lipinski definition) is 0. The molecule has 4 aromatic rings. The monoisotopic (exact) mass is 365 g/mol. The minimum atomic E-state index is -0.0949. The number of rotatable bonds is 1. The van der Waals surface area contributed by atoms with Gasteiger partial charge in [-0.3, -0.25) is 4.98 Å². The van der Waals surface area contributed by atoms with Gasteiger partial charge in [-0.15, -0.1) is 0 Å². The lowest BCUT2D eigenvalue weighted by Gasteiger charge is -2.21. The van der Waals surface area contributed by atoms with Crippen molar-refractivity contribution in [2.75, 3.05) is 0 Å². The van der Waals surface area contributed by atoms with Crippen molar-refractivity contribution in [3.8, 4) is 22.4 Å². The van der Waals surface area contributed by atoms with Gasteiger partial charge in [0.15, 0.2) is 6.20 Å². The highest BCUT2D eigenvalue weighted by atomic mass is 14.9. The predicted molar refractivity (Wildman–Crippen MR) is 115 cm³/mol. The highest BCUT2D eigenvalue weighted by Crippen LogP contribution is 2.49. The molecular weight excluding hydrogens is 340 g/mol. The normalized spacial score (nSPS) is 14.2. The quantitative estimate of drug-likeness (QED) is 0.398. The van der Waals surface area contributed by atoms with Crippen LogP contribution >= 0.6 is 0 Å². The van der Waals surface area contributed by atoms with Gasteiger partial charge in [0.05, 0.1) is 16.6 Å². The van der Waals surface area contributed by atoms with Gasteiger partial charge in [-0.1, -0.05) is 44.2 Å². The van der Waals surface area contributed by atoms with Gasteiger partial charge < -0.3 is 0 Å². The molecular formula is C26H25N2+. The van der Waals surface area contributed by atoms with E-state index in [0.717, 1.165) is 5.69 Å². The van der Waals surface area contributed by atoms with E-state index in [1.807, 2.05) is 0 Å². The summed E-state index contributed by atoms with van der Waals surface area (Å²) in [6, 6.07) is 20.0. The van der Waals surface area contributed by atoms with E-state index < -0.39 is 0 Å². The van der Waals surface area contributed by atoms with Gasteiger partial charge in [0, 0.05) is 22.7 Å². The average Bonchev–Trinajstić information content (AvgIpc) is 2.88. The molecule has 0 saturated heterocycles. The van der Waals surface area contributed by atoms with Crippen molar-refractivity contribution in [1.29, 1.82) is 0 Å². The molecule has 1 aliphatic carbocycles. The van der Waals surface area contributed by atoms with Gasteiger partial charge in [-0.2, -0.15) is 0 Å². The third-order valence-corrected chi connectivity index (χ3v) is 6.26. The van der Waals surface area contributed by atoms with E-state index in [0.29, 0.717) is 0 Å². The van der Waals surface area contributed by atoms with Crippen molar-refractivity contribution in [3.63, 3.8) is 0 Å². The summed E-state index contributed by atoms with van der Waals surface area (Å²) in [4.78, 5) is 4.92. The fourth-order valence-corrected chi connectivity index (χ4v) is 4.73. The number of nitrogens with zero attached hydrogens (tertiary/aromatic N) is 2. The molecule has 28 heavy (non-hydrogen) atoms. The molecule has 0 aliphatic heterocycles. The van der Waals surface area contributed by atoms with Crippen LogP contribution in [0.5, 0.6) is 0 Å². The minimum absolute atomic E-state index is 0.0949. The molecule has 0 bridgehead atoms. The second kappa shape index (κ2) is 5.75. The number of fused-ring (bicyclic) bond motifs is 4. The molecule has 138 valence electrons. The summed E-state index contributed by atoms with van der Waals surface area (Å²) in [6.45, 7) is 8.90. The van der Waals surface area contributed by atoms with E-state index in [4.69, 9.17) is 4.98 Å². The molecule has 2 heteroatoms. The molecule has 0 unspecified atom stereocenters. The van der Waals surface area contributed by atoms with Crippen LogP contribution in [0.4, 0.5) is 0 Å². The van der Waals surface area contributed by atoms with Gasteiger partial charge in [-0.05, 0) is 54.1 Å². The second-order valence-electron chi connectivity index (χ2n) is 8.55. The lowest BCUT2D eigenvalue weighted by atomic mass is 9.83. The standard InChI is InChI=1S/C26H25N2/c1-16-14-22-20-11-10-17(2)27-25(20)26(3,4)23(22)15-21(16)24-19-9-7-6-8-18(19)12-13-28(24)5/h6-15H,1-5H3/q+1. The molecule has 5 rings (SSSR count). The summed E-state index contributed by atoms with van der Waals surface area (Å²) in [6.07, 6.45) is 2.16. The maximum absolute atomic E-state index is 4.92. The number of pyridine rings is 2. The minimum Gasteiger partial charge on any atom is -0.257 e. The first-order valence-electron chi connectivity index (χ1n) is 9.89. The average molecular weight is 366 g/mol. The topological polar surface area (TPSA) is 16.8 Å². The molecule has 0 radical (unpaired) electrons. The van der Waals surface area contributed by atoms with Crippen LogP contribution in [0.25, 0.3) is 33.2 Å². The second-order valence-corrected chi connectivity index (χ2v) is 8.55. The van der Waals surface area contributed by atoms with E-state index >= 15 is 0 Å². The van der Waals surface area contributed by atoms with Gasteiger partial charge >= 0.3 is 0 Å². The van der Waals surface area contributed by atoms with E-state index in [2.05, 4.69) is 100 Å². The first kappa shape index (κ1) is 17.1. The van der Waals surface area contributed by atoms with Crippen LogP contribution in [0, 0.1) is 13.8 Å². The molecule has 2 nitrogen and oxygen atoms in total. The number of hydrogen-bond acceptors (Lipinski definition) is 1. The summed E-state index contributed by atoms with van der Waals surface area (Å²) in [5, 5.41) is 2.56. The lowest BCUT2D eigenvalue weighted by molar-refractivity contribution is -0.659. The Hall–Kier alpha value is -3.00. The molecule has 0 saturated carbocycles. The zero-order valence-corrected chi connectivity index (χ0v) is 17.2. The van der Waals surface area contributed by atoms with Gasteiger partial charge in [0.25, 0.3) is 0 Å². The Morgan fingerprint density at radius 3 is 2.46 bits per heavy atom. The molecule has 0 N–H and O–H groups in total. The molecule has 0 atom stereocenters. The Morgan fingerprint density at radius 1 is 0.857 bits per heavy atom. The maximum atomic E-state index is 4.92. The predicted octanol–water partition coefficient (Wildman–Crippen LogP) is 5.65. The fourth-order valence-electron chi connectivity index (χ4n) is 4.73. The van der Waals surface area contributed by atoms with Crippen LogP contribution in [0.3, 0.4) is 0 Å². The summed E-state index contributed by atoms with van der Waals surface area (Å²) in [5.74, 6) is 0. The zero-order chi connectivity index (χ0) is 19.6. The summed E-state index contributed by atoms with van der Waals surface area (Å²) < 4.78 is 2.24. The van der Waals surface area contributed by atoms with E-state index in [-0.39, 0.29) is 5.41 Å². The number of benzene rings is 2. The number of aromatic nitrogens is 2. The fraction of sp³-hybridized carbons (Fsp3) is 0.231. The molecule has 2 heterocycles. The zero-order valence-electron chi connectivity index (χ0n) is 17.2. The highest BCUT2D eigenvalue weighted by molar-refractivity contribution is 5.95. The summed E-state index contributed by atoms with van der Waals surface area (Å²) >= 11 is 0. The van der Waals surface area contributed by atoms with Gasteiger partial charge in [-0.25, -0.2) is 4.57 Å². The van der Waals surface area contributed by atoms with Gasteiger partial charge in [0.2, 0.25) is 5.69 Å². The molecule has 0 spiro atoms. The Kier molecular flexibility index (Phi) is 3.51. The lowest BCUT2D eigenvalue weighted by Crippen LogP contribution is -2.31. The van der Waals surface area contributed by atoms with Crippen LogP contribution < -0.4 is 4.57 Å². The smallest absolute Gasteiger partial charge is 0.220 e. The van der Waals surface area contributed by atoms with Crippen molar-refractivity contribution in [2.45, 2.75) is 33.1 Å². The van der Waals surface area contributed by atoms with Crippen molar-refractivity contribution < 1.29 is 4.57 Å². The number of aryl methyl sites for hydroxylation is 3. The summed E-state index contributed by atoms with van der Waals surface area (Å²) in [5.41, 5.74) is 10.0. The van der Waals surface area contributed by atoms with Crippen LogP contribution in [-0.2, 0) is 12.5 Å². The van der Waals surface area contributed by atoms with Crippen molar-refractivity contribution >= 4 is 10.8 Å². The Bertz CT molecular complexity index is 1270. The maximum Gasteiger partial charge on any atom is 0.220 e. The Morgan fingerprint density at radius 2 is 1.64 bits per heavy atom. The molecule has 2 aromatic carbocycles. The van der Waals surface area contributed by atoms with Crippen molar-refractivity contribution in [3.05, 3.63) is 83.3 Å². The summed E-state index contributed by atoms with van der Waals surface area (Å²) in [7, 11) is 2.14. The molecule has 1 aliphatic rings. The highest BCUT2D eigenvalue weighted by Gasteiger charge is 2.38. The molecule has 0 fully saturated rings. The third-order valence-electron chi connectivity index (χ3n) is 6.26. The van der Waals surface area contributed by atoms with Crippen LogP contribution in [0.15, 0.2) is 60.8 Å². The van der Waals surface area contributed by atoms with Crippen molar-refractivity contribution in [1.82, 2.24) is 4.98 Å². The SMILES string of the molecule is Cc1ccc2c(n1)C(C)(C)c1cc(-c3c4ccccc4cc[n+]3C)c(C)cc1-2. The Labute approximate surface area is 166 Å². The van der Waals surface area contributed by atoms with Crippen LogP contribution in [-0.4, -0.2) is 4.98 Å². The van der Waals surface area contributed by atoms with E-state index in [1.165, 1.54) is 50.0 Å².